The summed E-state index contributed by atoms with van der Waals surface area (Å²) in [5.41, 5.74) is 1.37. The van der Waals surface area contributed by atoms with Crippen molar-refractivity contribution >= 4 is 23.4 Å². The maximum Gasteiger partial charge on any atom is 0.379 e. The van der Waals surface area contributed by atoms with Crippen LogP contribution in [-0.4, -0.2) is 29.3 Å². The second kappa shape index (κ2) is 6.57. The quantitative estimate of drug-likeness (QED) is 0.848. The van der Waals surface area contributed by atoms with Gasteiger partial charge in [-0.15, -0.1) is 0 Å². The van der Waals surface area contributed by atoms with Crippen LogP contribution in [0.25, 0.3) is 0 Å². The number of carbonyl (C=O) groups is 2. The summed E-state index contributed by atoms with van der Waals surface area (Å²) in [4.78, 5) is 24.6. The molecule has 0 bridgehead atoms. The Labute approximate surface area is 145 Å². The molecule has 3 rings (SSSR count). The smallest absolute Gasteiger partial charge is 0.379 e. The molecule has 0 spiro atoms. The number of allylic oxidation sites excluding steroid dienone is 2. The standard InChI is InChI=1S/C18H19ClO5/c1-2-23-17(21)18(22)10-13(11-6-8-12(19)9-7-11)16-14(20)4-3-5-15(16)24-18/h6-9,13,22H,2-5,10H2,1H3/t13-,18?/m0/s1. The Bertz CT molecular complexity index is 694. The third-order valence-electron chi connectivity index (χ3n) is 4.40. The van der Waals surface area contributed by atoms with Gasteiger partial charge in [-0.05, 0) is 31.0 Å². The van der Waals surface area contributed by atoms with Crippen LogP contribution in [0.5, 0.6) is 0 Å². The zero-order chi connectivity index (χ0) is 17.3. The topological polar surface area (TPSA) is 72.8 Å². The molecule has 1 heterocycles. The van der Waals surface area contributed by atoms with E-state index in [2.05, 4.69) is 0 Å². The van der Waals surface area contributed by atoms with Crippen molar-refractivity contribution in [3.63, 3.8) is 0 Å². The molecule has 24 heavy (non-hydrogen) atoms. The lowest BCUT2D eigenvalue weighted by molar-refractivity contribution is -0.224. The van der Waals surface area contributed by atoms with E-state index in [-0.39, 0.29) is 18.8 Å². The predicted octanol–water partition coefficient (Wildman–Crippen LogP) is 3.10. The number of halogens is 1. The third kappa shape index (κ3) is 3.06. The van der Waals surface area contributed by atoms with Gasteiger partial charge < -0.3 is 14.6 Å². The molecule has 1 aliphatic heterocycles. The number of ketones is 1. The van der Waals surface area contributed by atoms with Crippen molar-refractivity contribution in [3.8, 4) is 0 Å². The Morgan fingerprint density at radius 3 is 2.75 bits per heavy atom. The normalized spacial score (nSPS) is 26.6. The van der Waals surface area contributed by atoms with E-state index >= 15 is 0 Å². The minimum absolute atomic E-state index is 0.00195. The zero-order valence-electron chi connectivity index (χ0n) is 13.4. The summed E-state index contributed by atoms with van der Waals surface area (Å²) in [6.45, 7) is 1.80. The van der Waals surface area contributed by atoms with Crippen molar-refractivity contribution in [2.45, 2.75) is 44.3 Å². The molecule has 1 aliphatic carbocycles. The number of ether oxygens (including phenoxy) is 2. The van der Waals surface area contributed by atoms with Crippen LogP contribution < -0.4 is 0 Å². The maximum absolute atomic E-state index is 12.4. The highest BCUT2D eigenvalue weighted by atomic mass is 35.5. The largest absolute Gasteiger partial charge is 0.461 e. The summed E-state index contributed by atoms with van der Waals surface area (Å²) in [7, 11) is 0. The molecule has 0 fully saturated rings. The first-order valence-corrected chi connectivity index (χ1v) is 8.42. The van der Waals surface area contributed by atoms with E-state index in [1.54, 1.807) is 31.2 Å². The summed E-state index contributed by atoms with van der Waals surface area (Å²) in [6.07, 6.45) is 1.55. The number of Topliss-reactive ketones (excluding diaryl/α,β-unsaturated/α-hetero) is 1. The zero-order valence-corrected chi connectivity index (χ0v) is 14.1. The Kier molecular flexibility index (Phi) is 4.65. The van der Waals surface area contributed by atoms with Crippen molar-refractivity contribution < 1.29 is 24.2 Å². The van der Waals surface area contributed by atoms with E-state index in [9.17, 15) is 14.7 Å². The van der Waals surface area contributed by atoms with Gasteiger partial charge >= 0.3 is 11.8 Å². The second-order valence-corrected chi connectivity index (χ2v) is 6.47. The fourth-order valence-electron chi connectivity index (χ4n) is 3.30. The van der Waals surface area contributed by atoms with Crippen molar-refractivity contribution in [2.24, 2.45) is 0 Å². The molecular formula is C18H19ClO5. The van der Waals surface area contributed by atoms with Crippen molar-refractivity contribution in [2.75, 3.05) is 6.61 Å². The number of aliphatic hydroxyl groups is 1. The van der Waals surface area contributed by atoms with Gasteiger partial charge in [0, 0.05) is 35.8 Å². The fraction of sp³-hybridized carbons (Fsp3) is 0.444. The Balaban J connectivity index is 2.04. The molecular weight excluding hydrogens is 332 g/mol. The number of benzene rings is 1. The van der Waals surface area contributed by atoms with Crippen LogP contribution in [0.1, 0.15) is 44.1 Å². The molecule has 5 nitrogen and oxygen atoms in total. The monoisotopic (exact) mass is 350 g/mol. The van der Waals surface area contributed by atoms with E-state index in [0.717, 1.165) is 5.56 Å². The van der Waals surface area contributed by atoms with E-state index in [1.165, 1.54) is 0 Å². The van der Waals surface area contributed by atoms with E-state index in [4.69, 9.17) is 21.1 Å². The minimum atomic E-state index is -2.07. The molecule has 2 atom stereocenters. The molecule has 1 aromatic carbocycles. The van der Waals surface area contributed by atoms with Gasteiger partial charge in [0.15, 0.2) is 5.78 Å². The molecule has 1 aromatic rings. The summed E-state index contributed by atoms with van der Waals surface area (Å²) in [5, 5.41) is 11.3. The van der Waals surface area contributed by atoms with Crippen LogP contribution >= 0.6 is 11.6 Å². The van der Waals surface area contributed by atoms with Crippen LogP contribution in [0.3, 0.4) is 0 Å². The summed E-state index contributed by atoms with van der Waals surface area (Å²) < 4.78 is 10.5. The van der Waals surface area contributed by atoms with Crippen LogP contribution in [0.2, 0.25) is 5.02 Å². The SMILES string of the molecule is CCOC(=O)C1(O)C[C@@H](c2ccc(Cl)cc2)C2=C(CCCC2=O)O1. The highest BCUT2D eigenvalue weighted by molar-refractivity contribution is 6.30. The van der Waals surface area contributed by atoms with Gasteiger partial charge in [0.1, 0.15) is 5.76 Å². The van der Waals surface area contributed by atoms with Crippen LogP contribution in [0.15, 0.2) is 35.6 Å². The third-order valence-corrected chi connectivity index (χ3v) is 4.65. The molecule has 0 aromatic heterocycles. The van der Waals surface area contributed by atoms with Gasteiger partial charge in [-0.1, -0.05) is 23.7 Å². The summed E-state index contributed by atoms with van der Waals surface area (Å²) in [5.74, 6) is -2.92. The molecule has 0 amide bonds. The van der Waals surface area contributed by atoms with Crippen molar-refractivity contribution in [3.05, 3.63) is 46.2 Å². The van der Waals surface area contributed by atoms with Gasteiger partial charge in [0.25, 0.3) is 0 Å². The predicted molar refractivity (Wildman–Crippen MR) is 87.4 cm³/mol. The summed E-state index contributed by atoms with van der Waals surface area (Å²) >= 11 is 5.94. The van der Waals surface area contributed by atoms with Gasteiger partial charge in [-0.25, -0.2) is 4.79 Å². The van der Waals surface area contributed by atoms with Crippen LogP contribution in [0, 0.1) is 0 Å². The lowest BCUT2D eigenvalue weighted by atomic mass is 9.77. The number of hydrogen-bond acceptors (Lipinski definition) is 5. The van der Waals surface area contributed by atoms with Crippen LogP contribution in [-0.2, 0) is 19.1 Å². The molecule has 0 saturated heterocycles. The molecule has 0 saturated carbocycles. The van der Waals surface area contributed by atoms with Gasteiger partial charge in [-0.2, -0.15) is 0 Å². The van der Waals surface area contributed by atoms with Gasteiger partial charge in [0.05, 0.1) is 6.61 Å². The molecule has 1 unspecified atom stereocenters. The second-order valence-electron chi connectivity index (χ2n) is 6.03. The van der Waals surface area contributed by atoms with Gasteiger partial charge in [-0.3, -0.25) is 4.79 Å². The molecule has 0 radical (unpaired) electrons. The number of esters is 1. The van der Waals surface area contributed by atoms with E-state index in [1.807, 2.05) is 0 Å². The highest BCUT2D eigenvalue weighted by Gasteiger charge is 2.50. The molecule has 128 valence electrons. The number of hydrogen-bond donors (Lipinski definition) is 1. The van der Waals surface area contributed by atoms with E-state index < -0.39 is 17.7 Å². The average molecular weight is 351 g/mol. The molecule has 6 heteroatoms. The van der Waals surface area contributed by atoms with E-state index in [0.29, 0.717) is 35.6 Å². The number of rotatable bonds is 3. The van der Waals surface area contributed by atoms with Crippen molar-refractivity contribution in [1.82, 2.24) is 0 Å². The first-order valence-electron chi connectivity index (χ1n) is 8.05. The Hall–Kier alpha value is -1.85. The lowest BCUT2D eigenvalue weighted by Crippen LogP contribution is -2.48. The van der Waals surface area contributed by atoms with Gasteiger partial charge in [0.2, 0.25) is 0 Å². The average Bonchev–Trinajstić information content (AvgIpc) is 2.55. The first kappa shape index (κ1) is 17.0. The highest BCUT2D eigenvalue weighted by Crippen LogP contribution is 2.45. The lowest BCUT2D eigenvalue weighted by Gasteiger charge is -2.39. The Morgan fingerprint density at radius 1 is 1.38 bits per heavy atom. The fourth-order valence-corrected chi connectivity index (χ4v) is 3.43. The number of carbonyl (C=O) groups excluding carboxylic acids is 2. The Morgan fingerprint density at radius 2 is 2.08 bits per heavy atom. The van der Waals surface area contributed by atoms with Crippen molar-refractivity contribution in [1.29, 1.82) is 0 Å². The molecule has 1 N–H and O–H groups in total. The van der Waals surface area contributed by atoms with Crippen LogP contribution in [0.4, 0.5) is 0 Å². The summed E-state index contributed by atoms with van der Waals surface area (Å²) in [6, 6.07) is 7.05. The molecule has 2 aliphatic rings. The first-order chi connectivity index (χ1) is 11.4. The minimum Gasteiger partial charge on any atom is -0.461 e. The maximum atomic E-state index is 12.4.